The lowest BCUT2D eigenvalue weighted by atomic mass is 9.89. The maximum absolute atomic E-state index is 14.4. The first kappa shape index (κ1) is 61.6. The lowest BCUT2D eigenvalue weighted by Crippen LogP contribution is -2.56. The molecule has 1 aromatic carbocycles. The molecule has 0 saturated carbocycles. The van der Waals surface area contributed by atoms with Gasteiger partial charge in [0.25, 0.3) is 17.7 Å². The number of carbonyl (C=O) groups excluding carboxylic acids is 8. The van der Waals surface area contributed by atoms with Crippen LogP contribution in [0.1, 0.15) is 104 Å². The normalized spacial score (nSPS) is 17.7. The van der Waals surface area contributed by atoms with E-state index in [4.69, 9.17) is 19.3 Å². The van der Waals surface area contributed by atoms with Crippen molar-refractivity contribution < 1.29 is 61.1 Å². The molecule has 2 aliphatic rings. The SMILES string of the molecule is CC[C@H](C)[C@@H]([C@H](CC(=O)N1CCC[C@H]1[C@H](OC)[C@@H](C)C(=O)N[C@@H](Cc1ccccc1)C(=O)NS(=O)(=O)CCCNC(=O)CCCC(=O)ON1C(=O)CCC1=O)OC)N(C)C(=O)[C@@H](N=C(N(C)C)N(C)C)C(C)C. The molecule has 23 heteroatoms. The third-order valence-corrected chi connectivity index (χ3v) is 14.6. The molecule has 0 aromatic heterocycles. The van der Waals surface area contributed by atoms with Gasteiger partial charge >= 0.3 is 5.97 Å². The summed E-state index contributed by atoms with van der Waals surface area (Å²) in [5.74, 6) is -5.59. The number of benzene rings is 1. The van der Waals surface area contributed by atoms with Crippen LogP contribution in [0, 0.1) is 17.8 Å². The largest absolute Gasteiger partial charge is 0.379 e. The van der Waals surface area contributed by atoms with Gasteiger partial charge in [-0.3, -0.25) is 38.3 Å². The Morgan fingerprint density at radius 1 is 0.863 bits per heavy atom. The van der Waals surface area contributed by atoms with Crippen LogP contribution < -0.4 is 15.4 Å². The molecule has 7 amide bonds. The van der Waals surface area contributed by atoms with Crippen molar-refractivity contribution in [3.05, 3.63) is 35.9 Å². The topological polar surface area (TPSA) is 263 Å². The van der Waals surface area contributed by atoms with Crippen molar-refractivity contribution in [3.63, 3.8) is 0 Å². The summed E-state index contributed by atoms with van der Waals surface area (Å²) in [5, 5.41) is 5.73. The zero-order valence-corrected chi connectivity index (χ0v) is 45.7. The molecule has 2 heterocycles. The minimum atomic E-state index is -4.26. The van der Waals surface area contributed by atoms with Gasteiger partial charge in [-0.15, -0.1) is 5.06 Å². The molecule has 0 spiro atoms. The molecule has 3 N–H and O–H groups in total. The van der Waals surface area contributed by atoms with Gasteiger partial charge in [-0.2, -0.15) is 0 Å². The second kappa shape index (κ2) is 29.3. The Kier molecular flexibility index (Phi) is 24.7. The molecule has 410 valence electrons. The summed E-state index contributed by atoms with van der Waals surface area (Å²) in [6.07, 6.45) is -0.234. The van der Waals surface area contributed by atoms with Crippen LogP contribution in [-0.4, -0.2) is 191 Å². The van der Waals surface area contributed by atoms with Gasteiger partial charge in [0, 0.05) is 94.7 Å². The minimum absolute atomic E-state index is 0.0466. The van der Waals surface area contributed by atoms with E-state index in [0.717, 1.165) is 0 Å². The number of rotatable bonds is 28. The van der Waals surface area contributed by atoms with Gasteiger partial charge in [0.15, 0.2) is 5.96 Å². The molecule has 3 rings (SSSR count). The van der Waals surface area contributed by atoms with Crippen molar-refractivity contribution in [2.75, 3.05) is 68.3 Å². The number of sulfonamides is 1. The third-order valence-electron chi connectivity index (χ3n) is 13.3. The molecule has 73 heavy (non-hydrogen) atoms. The van der Waals surface area contributed by atoms with Crippen molar-refractivity contribution in [1.82, 2.24) is 40.0 Å². The minimum Gasteiger partial charge on any atom is -0.379 e. The average Bonchev–Trinajstić information content (AvgIpc) is 3.95. The smallest absolute Gasteiger partial charge is 0.333 e. The van der Waals surface area contributed by atoms with Crippen molar-refractivity contribution >= 4 is 63.3 Å². The van der Waals surface area contributed by atoms with Gasteiger partial charge in [0.1, 0.15) is 12.1 Å². The van der Waals surface area contributed by atoms with Crippen LogP contribution in [0.4, 0.5) is 0 Å². The molecule has 0 bridgehead atoms. The summed E-state index contributed by atoms with van der Waals surface area (Å²) in [4.78, 5) is 121. The van der Waals surface area contributed by atoms with Gasteiger partial charge < -0.3 is 44.5 Å². The molecule has 2 saturated heterocycles. The summed E-state index contributed by atoms with van der Waals surface area (Å²) >= 11 is 0. The second-order valence-corrected chi connectivity index (χ2v) is 21.5. The summed E-state index contributed by atoms with van der Waals surface area (Å²) in [5.41, 5.74) is 0.646. The number of methoxy groups -OCH3 is 2. The number of likely N-dealkylation sites (N-methyl/N-ethyl adjacent to an activating group) is 1. The number of carbonyl (C=O) groups is 8. The van der Waals surface area contributed by atoms with Crippen LogP contribution in [0.5, 0.6) is 0 Å². The lowest BCUT2D eigenvalue weighted by molar-refractivity contribution is -0.197. The molecular formula is C50H81N9O13S. The molecule has 0 unspecified atom stereocenters. The number of hydrogen-bond acceptors (Lipinski definition) is 14. The van der Waals surface area contributed by atoms with Gasteiger partial charge in [-0.1, -0.05) is 71.4 Å². The van der Waals surface area contributed by atoms with Crippen molar-refractivity contribution in [2.24, 2.45) is 22.7 Å². The highest BCUT2D eigenvalue weighted by Crippen LogP contribution is 2.30. The number of aliphatic imine (C=N–C) groups is 1. The summed E-state index contributed by atoms with van der Waals surface area (Å²) in [6.45, 7) is 9.89. The fraction of sp³-hybridized carbons (Fsp3) is 0.700. The van der Waals surface area contributed by atoms with Gasteiger partial charge in [0.2, 0.25) is 33.7 Å². The molecule has 22 nitrogen and oxygen atoms in total. The first-order valence-corrected chi connectivity index (χ1v) is 26.8. The summed E-state index contributed by atoms with van der Waals surface area (Å²) in [6, 6.07) is 5.68. The zero-order chi connectivity index (χ0) is 54.7. The van der Waals surface area contributed by atoms with Crippen LogP contribution in [-0.2, 0) is 69.1 Å². The number of guanidine groups is 1. The Morgan fingerprint density at radius 2 is 1.49 bits per heavy atom. The van der Waals surface area contributed by atoms with E-state index < -0.39 is 93.6 Å². The van der Waals surface area contributed by atoms with Gasteiger partial charge in [-0.25, -0.2) is 18.2 Å². The fourth-order valence-electron chi connectivity index (χ4n) is 9.17. The van der Waals surface area contributed by atoms with Crippen LogP contribution >= 0.6 is 0 Å². The monoisotopic (exact) mass is 1050 g/mol. The molecule has 2 fully saturated rings. The van der Waals surface area contributed by atoms with Gasteiger partial charge in [0.05, 0.1) is 42.4 Å². The second-order valence-electron chi connectivity index (χ2n) is 19.6. The highest BCUT2D eigenvalue weighted by molar-refractivity contribution is 7.90. The number of hydroxylamine groups is 2. The number of nitrogens with one attached hydrogen (secondary N) is 3. The van der Waals surface area contributed by atoms with E-state index in [1.54, 1.807) is 54.1 Å². The quantitative estimate of drug-likeness (QED) is 0.0468. The first-order valence-electron chi connectivity index (χ1n) is 25.1. The molecular weight excluding hydrogens is 967 g/mol. The third kappa shape index (κ3) is 18.3. The fourth-order valence-corrected chi connectivity index (χ4v) is 10.2. The predicted molar refractivity (Wildman–Crippen MR) is 272 cm³/mol. The van der Waals surface area contributed by atoms with Crippen molar-refractivity contribution in [3.8, 4) is 0 Å². The standard InChI is InChI=1S/C50H81N9O13S/c1-13-33(4)45(57(10)49(67)44(32(2)3)53-50(55(6)7)56(8)9)38(70-11)31-42(63)58-28-18-22-37(58)46(71-12)34(5)47(65)52-36(30-35-20-15-14-16-21-35)48(66)54-73(68,69)29-19-27-51-39(60)23-17-24-43(64)72-59-40(61)25-26-41(59)62/h14-16,20-21,32-34,36-38,44-46H,13,17-19,22-31H2,1-12H3,(H,51,60)(H,52,65)(H,54,66)/t33-,34+,36-,37-,38-,44-,45-,46+/m0/s1. The number of hydrogen-bond donors (Lipinski definition) is 3. The Balaban J connectivity index is 1.68. The maximum Gasteiger partial charge on any atom is 0.333 e. The molecule has 2 aliphatic heterocycles. The van der Waals surface area contributed by atoms with E-state index in [2.05, 4.69) is 15.4 Å². The van der Waals surface area contributed by atoms with Crippen molar-refractivity contribution in [1.29, 1.82) is 0 Å². The Morgan fingerprint density at radius 3 is 2.05 bits per heavy atom. The van der Waals surface area contributed by atoms with Crippen LogP contribution in [0.3, 0.4) is 0 Å². The van der Waals surface area contributed by atoms with E-state index in [-0.39, 0.29) is 81.6 Å². The Bertz CT molecular complexity index is 2170. The zero-order valence-electron chi connectivity index (χ0n) is 44.9. The van der Waals surface area contributed by atoms with Crippen LogP contribution in [0.2, 0.25) is 0 Å². The predicted octanol–water partition coefficient (Wildman–Crippen LogP) is 1.87. The first-order chi connectivity index (χ1) is 34.4. The molecule has 0 radical (unpaired) electrons. The summed E-state index contributed by atoms with van der Waals surface area (Å²) in [7, 11) is 7.92. The summed E-state index contributed by atoms with van der Waals surface area (Å²) < 4.78 is 40.4. The number of ether oxygens (including phenoxy) is 2. The van der Waals surface area contributed by atoms with E-state index in [0.29, 0.717) is 42.4 Å². The lowest BCUT2D eigenvalue weighted by Gasteiger charge is -2.40. The molecule has 8 atom stereocenters. The Labute approximate surface area is 431 Å². The van der Waals surface area contributed by atoms with E-state index >= 15 is 0 Å². The highest BCUT2D eigenvalue weighted by atomic mass is 32.2. The number of amides is 7. The van der Waals surface area contributed by atoms with E-state index in [9.17, 15) is 46.8 Å². The van der Waals surface area contributed by atoms with Gasteiger partial charge in [-0.05, 0) is 43.1 Å². The Hall–Kier alpha value is -5.68. The maximum atomic E-state index is 14.4. The number of imide groups is 1. The van der Waals surface area contributed by atoms with E-state index in [1.807, 2.05) is 65.7 Å². The highest BCUT2D eigenvalue weighted by Gasteiger charge is 2.43. The van der Waals surface area contributed by atoms with Crippen LogP contribution in [0.15, 0.2) is 35.3 Å². The number of nitrogens with zero attached hydrogens (tertiary/aromatic N) is 6. The van der Waals surface area contributed by atoms with Crippen LogP contribution in [0.25, 0.3) is 0 Å². The average molecular weight is 1050 g/mol. The van der Waals surface area contributed by atoms with E-state index in [1.165, 1.54) is 14.2 Å². The van der Waals surface area contributed by atoms with Crippen molar-refractivity contribution in [2.45, 2.75) is 142 Å². The number of likely N-dealkylation sites (tertiary alicyclic amines) is 1. The molecule has 1 aromatic rings. The molecule has 0 aliphatic carbocycles.